The summed E-state index contributed by atoms with van der Waals surface area (Å²) in [6, 6.07) is 17.0. The number of nitrogens with one attached hydrogen (secondary N) is 1. The Hall–Kier alpha value is -2.62. The lowest BCUT2D eigenvalue weighted by Crippen LogP contribution is -2.22. The molecule has 0 spiro atoms. The van der Waals surface area contributed by atoms with Gasteiger partial charge in [-0.15, -0.1) is 0 Å². The maximum absolute atomic E-state index is 11.8. The van der Waals surface area contributed by atoms with E-state index in [2.05, 4.69) is 10.3 Å². The largest absolute Gasteiger partial charge is 0.383 e. The Morgan fingerprint density at radius 2 is 1.81 bits per heavy atom. The van der Waals surface area contributed by atoms with E-state index in [1.165, 1.54) is 0 Å². The van der Waals surface area contributed by atoms with Crippen LogP contribution in [-0.4, -0.2) is 18.3 Å². The molecule has 0 aliphatic rings. The molecule has 2 rings (SSSR count). The topological polar surface area (TPSA) is 67.5 Å². The minimum atomic E-state index is -0.0700. The van der Waals surface area contributed by atoms with E-state index < -0.39 is 0 Å². The molecule has 0 radical (unpaired) electrons. The molecule has 2 aromatic carbocycles. The van der Waals surface area contributed by atoms with Crippen molar-refractivity contribution >= 4 is 11.7 Å². The first-order valence-electron chi connectivity index (χ1n) is 6.93. The lowest BCUT2D eigenvalue weighted by Gasteiger charge is -2.05. The van der Waals surface area contributed by atoms with E-state index in [1.807, 2.05) is 55.5 Å². The number of aliphatic imine (C=N–C) groups is 1. The summed E-state index contributed by atoms with van der Waals surface area (Å²) in [5.74, 6) is 0.429. The van der Waals surface area contributed by atoms with Crippen LogP contribution in [0.15, 0.2) is 59.6 Å². The van der Waals surface area contributed by atoms with Gasteiger partial charge in [0.1, 0.15) is 5.84 Å². The van der Waals surface area contributed by atoms with E-state index in [-0.39, 0.29) is 5.91 Å². The van der Waals surface area contributed by atoms with Crippen molar-refractivity contribution in [3.8, 4) is 0 Å². The number of amides is 1. The average Bonchev–Trinajstić information content (AvgIpc) is 2.54. The molecular formula is C17H19N3O. The summed E-state index contributed by atoms with van der Waals surface area (Å²) in [7, 11) is 0. The number of nitrogens with zero attached hydrogens (tertiary/aromatic N) is 1. The van der Waals surface area contributed by atoms with Crippen LogP contribution in [0.1, 0.15) is 28.4 Å². The van der Waals surface area contributed by atoms with E-state index in [0.717, 1.165) is 11.1 Å². The summed E-state index contributed by atoms with van der Waals surface area (Å²) in [6.07, 6.45) is 0. The molecule has 0 bridgehead atoms. The summed E-state index contributed by atoms with van der Waals surface area (Å²) >= 11 is 0. The number of benzene rings is 2. The van der Waals surface area contributed by atoms with Crippen LogP contribution in [0.5, 0.6) is 0 Å². The molecule has 0 fully saturated rings. The molecule has 0 aliphatic heterocycles. The Labute approximate surface area is 124 Å². The Morgan fingerprint density at radius 1 is 1.10 bits per heavy atom. The molecule has 3 N–H and O–H groups in total. The van der Waals surface area contributed by atoms with Gasteiger partial charge in [0, 0.05) is 17.7 Å². The molecule has 0 aliphatic carbocycles. The third-order valence-electron chi connectivity index (χ3n) is 3.03. The zero-order chi connectivity index (χ0) is 15.1. The van der Waals surface area contributed by atoms with E-state index in [0.29, 0.717) is 24.5 Å². The van der Waals surface area contributed by atoms with Crippen molar-refractivity contribution in [3.05, 3.63) is 71.3 Å². The number of nitrogens with two attached hydrogens (primary N) is 1. The second-order valence-corrected chi connectivity index (χ2v) is 4.63. The van der Waals surface area contributed by atoms with E-state index in [1.54, 1.807) is 6.07 Å². The SMILES string of the molecule is CCNC(=O)c1cccc(CN=C(N)c2ccccc2)c1. The quantitative estimate of drug-likeness (QED) is 0.652. The van der Waals surface area contributed by atoms with Gasteiger partial charge in [-0.25, -0.2) is 0 Å². The molecule has 108 valence electrons. The van der Waals surface area contributed by atoms with E-state index >= 15 is 0 Å². The highest BCUT2D eigenvalue weighted by molar-refractivity contribution is 5.97. The zero-order valence-electron chi connectivity index (χ0n) is 12.0. The van der Waals surface area contributed by atoms with Crippen molar-refractivity contribution in [3.63, 3.8) is 0 Å². The third kappa shape index (κ3) is 4.18. The van der Waals surface area contributed by atoms with Crippen molar-refractivity contribution in [2.75, 3.05) is 6.54 Å². The highest BCUT2D eigenvalue weighted by Crippen LogP contribution is 2.07. The van der Waals surface area contributed by atoms with Crippen LogP contribution < -0.4 is 11.1 Å². The van der Waals surface area contributed by atoms with Crippen LogP contribution in [0.2, 0.25) is 0 Å². The first-order valence-corrected chi connectivity index (χ1v) is 6.93. The molecule has 0 saturated carbocycles. The molecule has 0 saturated heterocycles. The van der Waals surface area contributed by atoms with Gasteiger partial charge in [-0.3, -0.25) is 9.79 Å². The Balaban J connectivity index is 2.10. The number of amidine groups is 1. The summed E-state index contributed by atoms with van der Waals surface area (Å²) in [4.78, 5) is 16.2. The molecule has 0 aromatic heterocycles. The number of hydrogen-bond acceptors (Lipinski definition) is 2. The summed E-state index contributed by atoms with van der Waals surface area (Å²) in [5.41, 5.74) is 8.46. The fraction of sp³-hybridized carbons (Fsp3) is 0.176. The fourth-order valence-corrected chi connectivity index (χ4v) is 1.95. The van der Waals surface area contributed by atoms with Crippen molar-refractivity contribution in [2.45, 2.75) is 13.5 Å². The molecule has 2 aromatic rings. The minimum Gasteiger partial charge on any atom is -0.383 e. The molecule has 1 amide bonds. The molecule has 0 atom stereocenters. The van der Waals surface area contributed by atoms with Crippen molar-refractivity contribution in [2.24, 2.45) is 10.7 Å². The second-order valence-electron chi connectivity index (χ2n) is 4.63. The van der Waals surface area contributed by atoms with Crippen LogP contribution in [0.25, 0.3) is 0 Å². The predicted molar refractivity (Wildman–Crippen MR) is 85.3 cm³/mol. The Bertz CT molecular complexity index is 635. The van der Waals surface area contributed by atoms with Gasteiger partial charge in [-0.2, -0.15) is 0 Å². The molecule has 0 unspecified atom stereocenters. The van der Waals surface area contributed by atoms with Gasteiger partial charge in [0.05, 0.1) is 6.54 Å². The van der Waals surface area contributed by atoms with Gasteiger partial charge in [-0.05, 0) is 24.6 Å². The van der Waals surface area contributed by atoms with Gasteiger partial charge in [-0.1, -0.05) is 42.5 Å². The average molecular weight is 281 g/mol. The first kappa shape index (κ1) is 14.8. The standard InChI is InChI=1S/C17H19N3O/c1-2-19-17(21)15-10-6-7-13(11-15)12-20-16(18)14-8-4-3-5-9-14/h3-11H,2,12H2,1H3,(H2,18,20)(H,19,21). The van der Waals surface area contributed by atoms with Crippen LogP contribution >= 0.6 is 0 Å². The Morgan fingerprint density at radius 3 is 2.52 bits per heavy atom. The second kappa shape index (κ2) is 7.24. The zero-order valence-corrected chi connectivity index (χ0v) is 12.0. The van der Waals surface area contributed by atoms with Gasteiger partial charge < -0.3 is 11.1 Å². The normalized spacial score (nSPS) is 11.2. The van der Waals surface area contributed by atoms with Gasteiger partial charge in [0.15, 0.2) is 0 Å². The number of carbonyl (C=O) groups is 1. The number of rotatable bonds is 5. The first-order chi connectivity index (χ1) is 10.2. The van der Waals surface area contributed by atoms with Crippen LogP contribution in [-0.2, 0) is 6.54 Å². The lowest BCUT2D eigenvalue weighted by molar-refractivity contribution is 0.0955. The third-order valence-corrected chi connectivity index (χ3v) is 3.03. The van der Waals surface area contributed by atoms with Crippen molar-refractivity contribution < 1.29 is 4.79 Å². The molecule has 4 heteroatoms. The Kier molecular flexibility index (Phi) is 5.10. The fourth-order valence-electron chi connectivity index (χ4n) is 1.95. The van der Waals surface area contributed by atoms with Crippen LogP contribution in [0.3, 0.4) is 0 Å². The lowest BCUT2D eigenvalue weighted by atomic mass is 10.1. The number of carbonyl (C=O) groups excluding carboxylic acids is 1. The van der Waals surface area contributed by atoms with Crippen molar-refractivity contribution in [1.82, 2.24) is 5.32 Å². The van der Waals surface area contributed by atoms with Crippen LogP contribution in [0, 0.1) is 0 Å². The summed E-state index contributed by atoms with van der Waals surface area (Å²) in [5, 5.41) is 2.78. The van der Waals surface area contributed by atoms with E-state index in [9.17, 15) is 4.79 Å². The van der Waals surface area contributed by atoms with Gasteiger partial charge in [0.25, 0.3) is 5.91 Å². The van der Waals surface area contributed by atoms with Crippen molar-refractivity contribution in [1.29, 1.82) is 0 Å². The molecule has 0 heterocycles. The summed E-state index contributed by atoms with van der Waals surface area (Å²) < 4.78 is 0. The number of hydrogen-bond donors (Lipinski definition) is 2. The minimum absolute atomic E-state index is 0.0700. The predicted octanol–water partition coefficient (Wildman–Crippen LogP) is 2.34. The van der Waals surface area contributed by atoms with Gasteiger partial charge >= 0.3 is 0 Å². The maximum Gasteiger partial charge on any atom is 0.251 e. The molecule has 4 nitrogen and oxygen atoms in total. The maximum atomic E-state index is 11.8. The van der Waals surface area contributed by atoms with E-state index in [4.69, 9.17) is 5.73 Å². The molecular weight excluding hydrogens is 262 g/mol. The highest BCUT2D eigenvalue weighted by Gasteiger charge is 2.04. The van der Waals surface area contributed by atoms with Gasteiger partial charge in [0.2, 0.25) is 0 Å². The summed E-state index contributed by atoms with van der Waals surface area (Å²) in [6.45, 7) is 2.96. The smallest absolute Gasteiger partial charge is 0.251 e. The monoisotopic (exact) mass is 281 g/mol. The van der Waals surface area contributed by atoms with Crippen LogP contribution in [0.4, 0.5) is 0 Å². The highest BCUT2D eigenvalue weighted by atomic mass is 16.1. The molecule has 21 heavy (non-hydrogen) atoms.